The van der Waals surface area contributed by atoms with E-state index in [9.17, 15) is 9.18 Å². The molecule has 0 spiro atoms. The standard InChI is InChI=1S/C15H20FN3OS/c1-2-3-9-21-11-15(20)19-8-7-18-14-6-4-5-13(16)12(14)10-17/h4-6,18H,2-3,7-9,11H2,1H3,(H,19,20). The molecule has 0 atom stereocenters. The number of hydrogen-bond donors (Lipinski definition) is 2. The van der Waals surface area contributed by atoms with Gasteiger partial charge in [0.1, 0.15) is 17.4 Å². The van der Waals surface area contributed by atoms with E-state index in [1.807, 2.05) is 6.07 Å². The molecule has 4 nitrogen and oxygen atoms in total. The van der Waals surface area contributed by atoms with E-state index in [4.69, 9.17) is 5.26 Å². The summed E-state index contributed by atoms with van der Waals surface area (Å²) in [4.78, 5) is 11.5. The van der Waals surface area contributed by atoms with E-state index in [0.717, 1.165) is 18.6 Å². The van der Waals surface area contributed by atoms with Gasteiger partial charge in [0.25, 0.3) is 0 Å². The van der Waals surface area contributed by atoms with Crippen LogP contribution < -0.4 is 10.6 Å². The van der Waals surface area contributed by atoms with Gasteiger partial charge in [0.15, 0.2) is 0 Å². The van der Waals surface area contributed by atoms with Gasteiger partial charge in [0.2, 0.25) is 5.91 Å². The molecular weight excluding hydrogens is 289 g/mol. The lowest BCUT2D eigenvalue weighted by Crippen LogP contribution is -2.30. The Labute approximate surface area is 129 Å². The summed E-state index contributed by atoms with van der Waals surface area (Å²) in [5, 5.41) is 14.6. The molecule has 2 N–H and O–H groups in total. The number of carbonyl (C=O) groups excluding carboxylic acids is 1. The largest absolute Gasteiger partial charge is 0.382 e. The Kier molecular flexibility index (Phi) is 8.29. The Morgan fingerprint density at radius 3 is 2.95 bits per heavy atom. The number of halogens is 1. The SMILES string of the molecule is CCCCSCC(=O)NCCNc1cccc(F)c1C#N. The van der Waals surface area contributed by atoms with Crippen LogP contribution in [0.4, 0.5) is 10.1 Å². The Morgan fingerprint density at radius 2 is 2.24 bits per heavy atom. The summed E-state index contributed by atoms with van der Waals surface area (Å²) in [5.74, 6) is 0.914. The molecule has 0 heterocycles. The van der Waals surface area contributed by atoms with Gasteiger partial charge in [0.05, 0.1) is 11.4 Å². The van der Waals surface area contributed by atoms with Gasteiger partial charge in [-0.25, -0.2) is 4.39 Å². The number of thioether (sulfide) groups is 1. The van der Waals surface area contributed by atoms with Crippen LogP contribution in [0.1, 0.15) is 25.3 Å². The molecule has 114 valence electrons. The molecule has 0 saturated carbocycles. The molecule has 0 radical (unpaired) electrons. The van der Waals surface area contributed by atoms with Gasteiger partial charge in [-0.15, -0.1) is 0 Å². The summed E-state index contributed by atoms with van der Waals surface area (Å²) in [6.07, 6.45) is 2.25. The molecule has 0 aliphatic carbocycles. The number of hydrogen-bond acceptors (Lipinski definition) is 4. The fourth-order valence-corrected chi connectivity index (χ4v) is 2.57. The van der Waals surface area contributed by atoms with Gasteiger partial charge in [-0.05, 0) is 24.3 Å². The number of anilines is 1. The zero-order chi connectivity index (χ0) is 15.5. The Bertz CT molecular complexity index is 502. The lowest BCUT2D eigenvalue weighted by Gasteiger charge is -2.09. The number of nitriles is 1. The number of nitrogens with zero attached hydrogens (tertiary/aromatic N) is 1. The number of nitrogens with one attached hydrogen (secondary N) is 2. The van der Waals surface area contributed by atoms with Crippen molar-refractivity contribution in [2.45, 2.75) is 19.8 Å². The molecule has 0 saturated heterocycles. The van der Waals surface area contributed by atoms with E-state index in [2.05, 4.69) is 17.6 Å². The molecule has 0 aliphatic heterocycles. The molecular formula is C15H20FN3OS. The number of carbonyl (C=O) groups is 1. The Balaban J connectivity index is 2.24. The minimum Gasteiger partial charge on any atom is -0.382 e. The maximum Gasteiger partial charge on any atom is 0.230 e. The minimum atomic E-state index is -0.543. The van der Waals surface area contributed by atoms with Gasteiger partial charge in [0, 0.05) is 13.1 Å². The number of unbranched alkanes of at least 4 members (excludes halogenated alkanes) is 1. The summed E-state index contributed by atoms with van der Waals surface area (Å²) in [5.41, 5.74) is 0.447. The van der Waals surface area contributed by atoms with E-state index in [1.54, 1.807) is 23.9 Å². The summed E-state index contributed by atoms with van der Waals surface area (Å²) >= 11 is 1.62. The molecule has 1 aromatic carbocycles. The predicted molar refractivity (Wildman–Crippen MR) is 84.8 cm³/mol. The maximum absolute atomic E-state index is 13.4. The highest BCUT2D eigenvalue weighted by molar-refractivity contribution is 7.99. The highest BCUT2D eigenvalue weighted by atomic mass is 32.2. The highest BCUT2D eigenvalue weighted by Crippen LogP contribution is 2.17. The van der Waals surface area contributed by atoms with Crippen molar-refractivity contribution in [1.82, 2.24) is 5.32 Å². The van der Waals surface area contributed by atoms with E-state index in [-0.39, 0.29) is 11.5 Å². The number of benzene rings is 1. The van der Waals surface area contributed by atoms with Crippen LogP contribution in [0.5, 0.6) is 0 Å². The summed E-state index contributed by atoms with van der Waals surface area (Å²) in [6.45, 7) is 3.01. The van der Waals surface area contributed by atoms with Crippen LogP contribution in [-0.4, -0.2) is 30.5 Å². The lowest BCUT2D eigenvalue weighted by atomic mass is 10.2. The molecule has 6 heteroatoms. The topological polar surface area (TPSA) is 64.9 Å². The average Bonchev–Trinajstić information content (AvgIpc) is 2.48. The van der Waals surface area contributed by atoms with Gasteiger partial charge < -0.3 is 10.6 Å². The normalized spacial score (nSPS) is 9.95. The molecule has 0 fully saturated rings. The third-order valence-electron chi connectivity index (χ3n) is 2.76. The first-order valence-corrected chi connectivity index (χ1v) is 8.11. The summed E-state index contributed by atoms with van der Waals surface area (Å²) in [6, 6.07) is 6.26. The average molecular weight is 309 g/mol. The van der Waals surface area contributed by atoms with Crippen LogP contribution in [0.15, 0.2) is 18.2 Å². The van der Waals surface area contributed by atoms with Crippen molar-refractivity contribution in [3.8, 4) is 6.07 Å². The third-order valence-corrected chi connectivity index (χ3v) is 3.81. The zero-order valence-electron chi connectivity index (χ0n) is 12.1. The first-order valence-electron chi connectivity index (χ1n) is 6.96. The van der Waals surface area contributed by atoms with Gasteiger partial charge in [-0.1, -0.05) is 19.4 Å². The second kappa shape index (κ2) is 10.1. The molecule has 0 aliphatic rings. The third kappa shape index (κ3) is 6.50. The quantitative estimate of drug-likeness (QED) is 0.688. The fourth-order valence-electron chi connectivity index (χ4n) is 1.65. The van der Waals surface area contributed by atoms with Crippen LogP contribution in [0.25, 0.3) is 0 Å². The van der Waals surface area contributed by atoms with Gasteiger partial charge in [-0.2, -0.15) is 17.0 Å². The molecule has 1 rings (SSSR count). The van der Waals surface area contributed by atoms with Crippen LogP contribution in [0.2, 0.25) is 0 Å². The minimum absolute atomic E-state index is 0.000974. The molecule has 1 amide bonds. The molecule has 1 aromatic rings. The van der Waals surface area contributed by atoms with E-state index >= 15 is 0 Å². The van der Waals surface area contributed by atoms with Crippen LogP contribution in [0, 0.1) is 17.1 Å². The lowest BCUT2D eigenvalue weighted by molar-refractivity contribution is -0.118. The van der Waals surface area contributed by atoms with Crippen molar-refractivity contribution in [3.05, 3.63) is 29.6 Å². The summed E-state index contributed by atoms with van der Waals surface area (Å²) < 4.78 is 13.4. The zero-order valence-corrected chi connectivity index (χ0v) is 12.9. The monoisotopic (exact) mass is 309 g/mol. The van der Waals surface area contributed by atoms with E-state index in [0.29, 0.717) is 24.5 Å². The second-order valence-electron chi connectivity index (χ2n) is 4.46. The van der Waals surface area contributed by atoms with Crippen LogP contribution in [-0.2, 0) is 4.79 Å². The highest BCUT2D eigenvalue weighted by Gasteiger charge is 2.07. The molecule has 0 bridgehead atoms. The van der Waals surface area contributed by atoms with Crippen LogP contribution in [0.3, 0.4) is 0 Å². The maximum atomic E-state index is 13.4. The van der Waals surface area contributed by atoms with E-state index in [1.165, 1.54) is 6.07 Å². The fraction of sp³-hybridized carbons (Fsp3) is 0.467. The summed E-state index contributed by atoms with van der Waals surface area (Å²) in [7, 11) is 0. The van der Waals surface area contributed by atoms with Gasteiger partial charge >= 0.3 is 0 Å². The first-order chi connectivity index (χ1) is 10.2. The van der Waals surface area contributed by atoms with E-state index < -0.39 is 5.82 Å². The molecule has 0 aromatic heterocycles. The Morgan fingerprint density at radius 1 is 1.43 bits per heavy atom. The van der Waals surface area contributed by atoms with Gasteiger partial charge in [-0.3, -0.25) is 4.79 Å². The first kappa shape index (κ1) is 17.3. The molecule has 21 heavy (non-hydrogen) atoms. The van der Waals surface area contributed by atoms with Crippen molar-refractivity contribution in [2.24, 2.45) is 0 Å². The smallest absolute Gasteiger partial charge is 0.230 e. The van der Waals surface area contributed by atoms with Crippen molar-refractivity contribution in [1.29, 1.82) is 5.26 Å². The van der Waals surface area contributed by atoms with Crippen molar-refractivity contribution in [2.75, 3.05) is 29.9 Å². The number of amides is 1. The molecule has 0 unspecified atom stereocenters. The predicted octanol–water partition coefficient (Wildman–Crippen LogP) is 2.76. The van der Waals surface area contributed by atoms with Crippen molar-refractivity contribution in [3.63, 3.8) is 0 Å². The number of rotatable bonds is 9. The second-order valence-corrected chi connectivity index (χ2v) is 5.56. The van der Waals surface area contributed by atoms with Crippen molar-refractivity contribution < 1.29 is 9.18 Å². The van der Waals surface area contributed by atoms with Crippen LogP contribution >= 0.6 is 11.8 Å². The Hall–Kier alpha value is -1.74. The van der Waals surface area contributed by atoms with Crippen molar-refractivity contribution >= 4 is 23.4 Å².